The average Bonchev–Trinajstić information content (AvgIpc) is 2.27. The van der Waals surface area contributed by atoms with E-state index >= 15 is 0 Å². The van der Waals surface area contributed by atoms with Crippen LogP contribution in [0.1, 0.15) is 26.3 Å². The maximum atomic E-state index is 9.25. The van der Waals surface area contributed by atoms with Gasteiger partial charge in [0, 0.05) is 12.1 Å². The maximum Gasteiger partial charge on any atom is 0.0587 e. The van der Waals surface area contributed by atoms with Crippen LogP contribution in [0.15, 0.2) is 30.3 Å². The van der Waals surface area contributed by atoms with Crippen molar-refractivity contribution in [2.45, 2.75) is 39.3 Å². The van der Waals surface area contributed by atoms with Crippen molar-refractivity contribution in [2.75, 3.05) is 6.61 Å². The van der Waals surface area contributed by atoms with E-state index in [0.717, 1.165) is 6.42 Å². The van der Waals surface area contributed by atoms with E-state index in [1.807, 2.05) is 6.07 Å². The first-order chi connectivity index (χ1) is 7.63. The van der Waals surface area contributed by atoms with Crippen molar-refractivity contribution < 1.29 is 5.11 Å². The molecule has 0 saturated carbocycles. The number of hydrogen-bond donors (Lipinski definition) is 2. The predicted molar refractivity (Wildman–Crippen MR) is 68.5 cm³/mol. The summed E-state index contributed by atoms with van der Waals surface area (Å²) in [4.78, 5) is 0. The summed E-state index contributed by atoms with van der Waals surface area (Å²) in [5.74, 6) is 0.461. The molecule has 0 aliphatic carbocycles. The summed E-state index contributed by atoms with van der Waals surface area (Å²) in [7, 11) is 0. The summed E-state index contributed by atoms with van der Waals surface area (Å²) in [6.45, 7) is 6.63. The normalized spacial score (nSPS) is 15.1. The van der Waals surface area contributed by atoms with Crippen LogP contribution in [-0.2, 0) is 6.42 Å². The second-order valence-electron chi connectivity index (χ2n) is 4.79. The fourth-order valence-electron chi connectivity index (χ4n) is 1.85. The van der Waals surface area contributed by atoms with Crippen LogP contribution < -0.4 is 5.32 Å². The fourth-order valence-corrected chi connectivity index (χ4v) is 1.85. The van der Waals surface area contributed by atoms with Gasteiger partial charge in [-0.3, -0.25) is 0 Å². The van der Waals surface area contributed by atoms with E-state index in [4.69, 9.17) is 0 Å². The SMILES string of the molecule is CC(Cc1ccccc1)N[C@H](CO)C(C)C. The quantitative estimate of drug-likeness (QED) is 0.772. The molecule has 2 nitrogen and oxygen atoms in total. The number of hydrogen-bond acceptors (Lipinski definition) is 2. The molecule has 0 saturated heterocycles. The first kappa shape index (κ1) is 13.2. The Morgan fingerprint density at radius 3 is 2.25 bits per heavy atom. The molecule has 0 aliphatic heterocycles. The highest BCUT2D eigenvalue weighted by molar-refractivity contribution is 5.15. The zero-order valence-electron chi connectivity index (χ0n) is 10.5. The molecule has 0 radical (unpaired) electrons. The summed E-state index contributed by atoms with van der Waals surface area (Å²) < 4.78 is 0. The van der Waals surface area contributed by atoms with Crippen molar-refractivity contribution in [1.82, 2.24) is 5.32 Å². The molecule has 0 aliphatic rings. The minimum Gasteiger partial charge on any atom is -0.395 e. The van der Waals surface area contributed by atoms with Crippen LogP contribution in [0, 0.1) is 5.92 Å². The molecule has 0 aromatic heterocycles. The summed E-state index contributed by atoms with van der Waals surface area (Å²) in [6, 6.07) is 11.0. The molecule has 1 aromatic carbocycles. The largest absolute Gasteiger partial charge is 0.395 e. The van der Waals surface area contributed by atoms with Gasteiger partial charge in [0.1, 0.15) is 0 Å². The van der Waals surface area contributed by atoms with Crippen molar-refractivity contribution in [3.05, 3.63) is 35.9 Å². The molecule has 2 heteroatoms. The number of benzene rings is 1. The number of rotatable bonds is 6. The highest BCUT2D eigenvalue weighted by Gasteiger charge is 2.14. The van der Waals surface area contributed by atoms with E-state index < -0.39 is 0 Å². The Morgan fingerprint density at radius 1 is 1.12 bits per heavy atom. The number of aliphatic hydroxyl groups excluding tert-OH is 1. The summed E-state index contributed by atoms with van der Waals surface area (Å²) >= 11 is 0. The lowest BCUT2D eigenvalue weighted by molar-refractivity contribution is 0.201. The van der Waals surface area contributed by atoms with Crippen molar-refractivity contribution in [3.8, 4) is 0 Å². The van der Waals surface area contributed by atoms with Gasteiger partial charge in [-0.05, 0) is 24.8 Å². The molecule has 0 fully saturated rings. The summed E-state index contributed by atoms with van der Waals surface area (Å²) in [5.41, 5.74) is 1.34. The van der Waals surface area contributed by atoms with E-state index in [1.165, 1.54) is 5.56 Å². The molecule has 90 valence electrons. The van der Waals surface area contributed by atoms with Gasteiger partial charge in [0.05, 0.1) is 6.61 Å². The van der Waals surface area contributed by atoms with E-state index in [-0.39, 0.29) is 12.6 Å². The van der Waals surface area contributed by atoms with Crippen molar-refractivity contribution in [3.63, 3.8) is 0 Å². The molecule has 1 rings (SSSR count). The standard InChI is InChI=1S/C14H23NO/c1-11(2)14(10-16)15-12(3)9-13-7-5-4-6-8-13/h4-8,11-12,14-16H,9-10H2,1-3H3/t12?,14-/m1/s1. The molecule has 0 bridgehead atoms. The Hall–Kier alpha value is -0.860. The summed E-state index contributed by atoms with van der Waals surface area (Å²) in [5, 5.41) is 12.7. The topological polar surface area (TPSA) is 32.3 Å². The third-order valence-electron chi connectivity index (χ3n) is 2.88. The lowest BCUT2D eigenvalue weighted by atomic mass is 10.0. The zero-order valence-corrected chi connectivity index (χ0v) is 10.5. The molecule has 2 atom stereocenters. The smallest absolute Gasteiger partial charge is 0.0587 e. The van der Waals surface area contributed by atoms with E-state index in [1.54, 1.807) is 0 Å². The van der Waals surface area contributed by atoms with Crippen LogP contribution in [-0.4, -0.2) is 23.8 Å². The van der Waals surface area contributed by atoms with Gasteiger partial charge in [0.15, 0.2) is 0 Å². The molecular formula is C14H23NO. The number of nitrogens with one attached hydrogen (secondary N) is 1. The van der Waals surface area contributed by atoms with Crippen LogP contribution in [0.5, 0.6) is 0 Å². The van der Waals surface area contributed by atoms with Gasteiger partial charge in [-0.15, -0.1) is 0 Å². The van der Waals surface area contributed by atoms with Crippen LogP contribution in [0.25, 0.3) is 0 Å². The minimum absolute atomic E-state index is 0.193. The molecule has 2 N–H and O–H groups in total. The zero-order chi connectivity index (χ0) is 12.0. The molecule has 1 unspecified atom stereocenters. The van der Waals surface area contributed by atoms with Crippen LogP contribution >= 0.6 is 0 Å². The van der Waals surface area contributed by atoms with Gasteiger partial charge in [0.2, 0.25) is 0 Å². The third-order valence-corrected chi connectivity index (χ3v) is 2.88. The van der Waals surface area contributed by atoms with Crippen molar-refractivity contribution >= 4 is 0 Å². The Bertz CT molecular complexity index is 284. The Kier molecular flexibility index (Phi) is 5.50. The Morgan fingerprint density at radius 2 is 1.75 bits per heavy atom. The Labute approximate surface area is 98.7 Å². The first-order valence-electron chi connectivity index (χ1n) is 6.04. The van der Waals surface area contributed by atoms with E-state index in [2.05, 4.69) is 50.4 Å². The maximum absolute atomic E-state index is 9.25. The molecule has 16 heavy (non-hydrogen) atoms. The third kappa shape index (κ3) is 4.33. The van der Waals surface area contributed by atoms with Gasteiger partial charge >= 0.3 is 0 Å². The minimum atomic E-state index is 0.193. The number of aliphatic hydroxyl groups is 1. The molecular weight excluding hydrogens is 198 g/mol. The van der Waals surface area contributed by atoms with Crippen LogP contribution in [0.3, 0.4) is 0 Å². The molecule has 0 heterocycles. The highest BCUT2D eigenvalue weighted by atomic mass is 16.3. The highest BCUT2D eigenvalue weighted by Crippen LogP contribution is 2.06. The van der Waals surface area contributed by atoms with E-state index in [9.17, 15) is 5.11 Å². The van der Waals surface area contributed by atoms with Crippen LogP contribution in [0.4, 0.5) is 0 Å². The van der Waals surface area contributed by atoms with Crippen molar-refractivity contribution in [2.24, 2.45) is 5.92 Å². The second-order valence-corrected chi connectivity index (χ2v) is 4.79. The van der Waals surface area contributed by atoms with Crippen molar-refractivity contribution in [1.29, 1.82) is 0 Å². The molecule has 1 aromatic rings. The lowest BCUT2D eigenvalue weighted by Crippen LogP contribution is -2.43. The van der Waals surface area contributed by atoms with Gasteiger partial charge < -0.3 is 10.4 Å². The molecule has 0 amide bonds. The first-order valence-corrected chi connectivity index (χ1v) is 6.04. The summed E-state index contributed by atoms with van der Waals surface area (Å²) in [6.07, 6.45) is 1.00. The van der Waals surface area contributed by atoms with Gasteiger partial charge in [-0.25, -0.2) is 0 Å². The van der Waals surface area contributed by atoms with Gasteiger partial charge in [-0.2, -0.15) is 0 Å². The molecule has 0 spiro atoms. The van der Waals surface area contributed by atoms with E-state index in [0.29, 0.717) is 12.0 Å². The Balaban J connectivity index is 2.44. The van der Waals surface area contributed by atoms with Gasteiger partial charge in [0.25, 0.3) is 0 Å². The fraction of sp³-hybridized carbons (Fsp3) is 0.571. The van der Waals surface area contributed by atoms with Gasteiger partial charge in [-0.1, -0.05) is 44.2 Å². The average molecular weight is 221 g/mol. The predicted octanol–water partition coefficient (Wildman–Crippen LogP) is 2.22. The monoisotopic (exact) mass is 221 g/mol. The lowest BCUT2D eigenvalue weighted by Gasteiger charge is -2.24. The second kappa shape index (κ2) is 6.66. The van der Waals surface area contributed by atoms with Crippen LogP contribution in [0.2, 0.25) is 0 Å².